The molecule has 2 rings (SSSR count). The van der Waals surface area contributed by atoms with E-state index in [-0.39, 0.29) is 17.6 Å². The lowest BCUT2D eigenvalue weighted by atomic mass is 9.85. The smallest absolute Gasteiger partial charge is 0.190 e. The molecule has 4 heteroatoms. The Bertz CT molecular complexity index is 291. The van der Waals surface area contributed by atoms with Crippen LogP contribution in [0, 0.1) is 5.92 Å². The Hall–Kier alpha value is -0.640. The maximum Gasteiger partial charge on any atom is 0.190 e. The van der Waals surface area contributed by atoms with Crippen molar-refractivity contribution in [3.05, 3.63) is 0 Å². The van der Waals surface area contributed by atoms with Crippen molar-refractivity contribution in [3.63, 3.8) is 0 Å². The molecular formula is C12H20FNO2. The summed E-state index contributed by atoms with van der Waals surface area (Å²) in [6.07, 6.45) is 1.30. The van der Waals surface area contributed by atoms with Crippen molar-refractivity contribution in [2.75, 3.05) is 13.7 Å². The fraction of sp³-hybridized carbons (Fsp3) is 0.917. The van der Waals surface area contributed by atoms with E-state index in [2.05, 4.69) is 4.99 Å². The van der Waals surface area contributed by atoms with Gasteiger partial charge in [-0.05, 0) is 26.7 Å². The first-order valence-electron chi connectivity index (χ1n) is 5.91. The van der Waals surface area contributed by atoms with E-state index >= 15 is 0 Å². The molecule has 0 radical (unpaired) electrons. The second-order valence-electron chi connectivity index (χ2n) is 5.34. The highest BCUT2D eigenvalue weighted by atomic mass is 19.1. The molecule has 1 aliphatic carbocycles. The van der Waals surface area contributed by atoms with Crippen LogP contribution >= 0.6 is 0 Å². The van der Waals surface area contributed by atoms with Gasteiger partial charge in [-0.1, -0.05) is 0 Å². The Morgan fingerprint density at radius 3 is 2.69 bits per heavy atom. The van der Waals surface area contributed by atoms with Crippen LogP contribution in [0.1, 0.15) is 33.1 Å². The quantitative estimate of drug-likeness (QED) is 0.727. The number of alkyl halides is 1. The molecule has 1 heterocycles. The number of hydrogen-bond donors (Lipinski definition) is 0. The zero-order valence-corrected chi connectivity index (χ0v) is 10.2. The third-order valence-electron chi connectivity index (χ3n) is 3.36. The molecule has 2 aliphatic rings. The molecule has 3 unspecified atom stereocenters. The van der Waals surface area contributed by atoms with E-state index in [1.165, 1.54) is 0 Å². The summed E-state index contributed by atoms with van der Waals surface area (Å²) in [6, 6.07) is 0. The van der Waals surface area contributed by atoms with Gasteiger partial charge in [0.2, 0.25) is 0 Å². The van der Waals surface area contributed by atoms with Gasteiger partial charge in [0.15, 0.2) is 5.90 Å². The van der Waals surface area contributed by atoms with Crippen LogP contribution in [-0.2, 0) is 9.47 Å². The molecule has 0 N–H and O–H groups in total. The second-order valence-corrected chi connectivity index (χ2v) is 5.34. The van der Waals surface area contributed by atoms with E-state index in [4.69, 9.17) is 9.47 Å². The van der Waals surface area contributed by atoms with Gasteiger partial charge in [-0.15, -0.1) is 0 Å². The monoisotopic (exact) mass is 229 g/mol. The molecule has 0 saturated heterocycles. The van der Waals surface area contributed by atoms with Crippen molar-refractivity contribution in [3.8, 4) is 0 Å². The van der Waals surface area contributed by atoms with Gasteiger partial charge >= 0.3 is 0 Å². The summed E-state index contributed by atoms with van der Waals surface area (Å²) in [5, 5.41) is 0. The van der Waals surface area contributed by atoms with E-state index in [0.717, 1.165) is 12.8 Å². The molecule has 0 bridgehead atoms. The second kappa shape index (κ2) is 4.32. The molecule has 0 aromatic rings. The number of halogens is 1. The Morgan fingerprint density at radius 2 is 2.19 bits per heavy atom. The number of hydrogen-bond acceptors (Lipinski definition) is 3. The first-order chi connectivity index (χ1) is 7.52. The summed E-state index contributed by atoms with van der Waals surface area (Å²) in [4.78, 5) is 4.46. The van der Waals surface area contributed by atoms with Gasteiger partial charge in [0.1, 0.15) is 12.8 Å². The number of aliphatic imine (C=N–C) groups is 1. The Morgan fingerprint density at radius 1 is 1.44 bits per heavy atom. The molecule has 0 aromatic heterocycles. The number of ether oxygens (including phenoxy) is 2. The van der Waals surface area contributed by atoms with E-state index in [0.29, 0.717) is 18.9 Å². The van der Waals surface area contributed by atoms with Crippen molar-refractivity contribution in [1.82, 2.24) is 0 Å². The van der Waals surface area contributed by atoms with Gasteiger partial charge in [-0.25, -0.2) is 9.38 Å². The molecule has 92 valence electrons. The fourth-order valence-corrected chi connectivity index (χ4v) is 2.38. The third kappa shape index (κ3) is 2.37. The van der Waals surface area contributed by atoms with Crippen LogP contribution in [0.25, 0.3) is 0 Å². The van der Waals surface area contributed by atoms with Crippen molar-refractivity contribution in [2.45, 2.75) is 50.9 Å². The van der Waals surface area contributed by atoms with Crippen LogP contribution in [-0.4, -0.2) is 37.4 Å². The molecule has 16 heavy (non-hydrogen) atoms. The highest BCUT2D eigenvalue weighted by Crippen LogP contribution is 2.33. The molecule has 3 atom stereocenters. The van der Waals surface area contributed by atoms with Gasteiger partial charge in [-0.2, -0.15) is 0 Å². The summed E-state index contributed by atoms with van der Waals surface area (Å²) < 4.78 is 24.7. The van der Waals surface area contributed by atoms with E-state index < -0.39 is 6.17 Å². The number of rotatable bonds is 2. The predicted octanol–water partition coefficient (Wildman–Crippen LogP) is 2.35. The SMILES string of the molecule is COC1CCC(C2=NC(C)(C)CO2)C(F)C1. The average Bonchev–Trinajstić information content (AvgIpc) is 2.58. The first kappa shape index (κ1) is 11.8. The van der Waals surface area contributed by atoms with E-state index in [9.17, 15) is 4.39 Å². The Labute approximate surface area is 96.0 Å². The highest BCUT2D eigenvalue weighted by Gasteiger charge is 2.39. The van der Waals surface area contributed by atoms with Gasteiger partial charge in [0.25, 0.3) is 0 Å². The van der Waals surface area contributed by atoms with Crippen molar-refractivity contribution in [2.24, 2.45) is 10.9 Å². The largest absolute Gasteiger partial charge is 0.478 e. The molecule has 1 saturated carbocycles. The maximum absolute atomic E-state index is 13.9. The average molecular weight is 229 g/mol. The van der Waals surface area contributed by atoms with Crippen LogP contribution in [0.2, 0.25) is 0 Å². The normalized spacial score (nSPS) is 38.0. The molecule has 0 spiro atoms. The van der Waals surface area contributed by atoms with Gasteiger partial charge in [0, 0.05) is 13.5 Å². The summed E-state index contributed by atoms with van der Waals surface area (Å²) in [5.74, 6) is 0.459. The Balaban J connectivity index is 2.01. The molecular weight excluding hydrogens is 209 g/mol. The summed E-state index contributed by atoms with van der Waals surface area (Å²) in [6.45, 7) is 4.58. The van der Waals surface area contributed by atoms with Crippen LogP contribution in [0.3, 0.4) is 0 Å². The lowest BCUT2D eigenvalue weighted by molar-refractivity contribution is 0.0253. The summed E-state index contributed by atoms with van der Waals surface area (Å²) in [5.41, 5.74) is -0.187. The first-order valence-corrected chi connectivity index (χ1v) is 5.91. The van der Waals surface area contributed by atoms with Crippen LogP contribution in [0.15, 0.2) is 4.99 Å². The number of methoxy groups -OCH3 is 1. The fourth-order valence-electron chi connectivity index (χ4n) is 2.38. The summed E-state index contributed by atoms with van der Waals surface area (Å²) in [7, 11) is 1.64. The van der Waals surface area contributed by atoms with E-state index in [1.807, 2.05) is 13.8 Å². The maximum atomic E-state index is 13.9. The minimum atomic E-state index is -0.883. The van der Waals surface area contributed by atoms with Crippen LogP contribution in [0.5, 0.6) is 0 Å². The van der Waals surface area contributed by atoms with Gasteiger partial charge in [0.05, 0.1) is 17.6 Å². The third-order valence-corrected chi connectivity index (χ3v) is 3.36. The molecule has 0 amide bonds. The number of nitrogens with zero attached hydrogens (tertiary/aromatic N) is 1. The van der Waals surface area contributed by atoms with Gasteiger partial charge in [-0.3, -0.25) is 0 Å². The zero-order valence-electron chi connectivity index (χ0n) is 10.2. The molecule has 0 aromatic carbocycles. The van der Waals surface area contributed by atoms with Crippen molar-refractivity contribution >= 4 is 5.90 Å². The molecule has 1 fully saturated rings. The van der Waals surface area contributed by atoms with Crippen LogP contribution < -0.4 is 0 Å². The lowest BCUT2D eigenvalue weighted by Gasteiger charge is -2.30. The van der Waals surface area contributed by atoms with Crippen molar-refractivity contribution in [1.29, 1.82) is 0 Å². The minimum absolute atomic E-state index is 0.0567. The Kier molecular flexibility index (Phi) is 3.19. The van der Waals surface area contributed by atoms with E-state index in [1.54, 1.807) is 7.11 Å². The van der Waals surface area contributed by atoms with Crippen molar-refractivity contribution < 1.29 is 13.9 Å². The minimum Gasteiger partial charge on any atom is -0.478 e. The standard InChI is InChI=1S/C12H20FNO2/c1-12(2)7-16-11(14-12)9-5-4-8(15-3)6-10(9)13/h8-10H,4-7H2,1-3H3. The highest BCUT2D eigenvalue weighted by molar-refractivity contribution is 5.81. The summed E-state index contributed by atoms with van der Waals surface area (Å²) >= 11 is 0. The predicted molar refractivity (Wildman–Crippen MR) is 60.5 cm³/mol. The van der Waals surface area contributed by atoms with Crippen LogP contribution in [0.4, 0.5) is 4.39 Å². The van der Waals surface area contributed by atoms with Gasteiger partial charge < -0.3 is 9.47 Å². The molecule has 3 nitrogen and oxygen atoms in total. The molecule has 1 aliphatic heterocycles. The topological polar surface area (TPSA) is 30.8 Å². The lowest BCUT2D eigenvalue weighted by Crippen LogP contribution is -2.35. The zero-order chi connectivity index (χ0) is 11.8.